The zero-order valence-corrected chi connectivity index (χ0v) is 11.7. The number of thioether (sulfide) groups is 1. The van der Waals surface area contributed by atoms with Gasteiger partial charge in [-0.15, -0.1) is 0 Å². The minimum atomic E-state index is -0.107. The second-order valence-corrected chi connectivity index (χ2v) is 5.94. The Hall–Kier alpha value is -0.750. The highest BCUT2D eigenvalue weighted by atomic mass is 32.2. The Morgan fingerprint density at radius 3 is 2.67 bits per heavy atom. The third kappa shape index (κ3) is 5.73. The largest absolute Gasteiger partial charge is 0.469 e. The van der Waals surface area contributed by atoms with Crippen molar-refractivity contribution in [2.24, 2.45) is 11.3 Å². The fourth-order valence-electron chi connectivity index (χ4n) is 1.78. The van der Waals surface area contributed by atoms with Crippen molar-refractivity contribution in [1.82, 2.24) is 5.43 Å². The molecule has 0 aromatic rings. The first kappa shape index (κ1) is 15.3. The fourth-order valence-corrected chi connectivity index (χ4v) is 3.15. The van der Waals surface area contributed by atoms with Gasteiger partial charge < -0.3 is 4.74 Å². The molecule has 104 valence electrons. The van der Waals surface area contributed by atoms with Crippen LogP contribution in [0.25, 0.3) is 0 Å². The van der Waals surface area contributed by atoms with E-state index in [0.717, 1.165) is 37.2 Å². The summed E-state index contributed by atoms with van der Waals surface area (Å²) in [6.45, 7) is 0. The molecule has 1 amide bonds. The summed E-state index contributed by atoms with van der Waals surface area (Å²) >= 11 is 1.86. The number of ether oxygens (including phenoxy) is 1. The number of hydrogen-bond acceptors (Lipinski definition) is 5. The molecule has 5 nitrogen and oxygen atoms in total. The molecule has 0 aromatic heterocycles. The number of hydrazine groups is 1. The summed E-state index contributed by atoms with van der Waals surface area (Å²) in [5.74, 6) is 6.83. The first-order chi connectivity index (χ1) is 8.62. The molecule has 0 aliphatic heterocycles. The van der Waals surface area contributed by atoms with Crippen LogP contribution in [0.2, 0.25) is 0 Å². The van der Waals surface area contributed by atoms with Crippen LogP contribution in [0.3, 0.4) is 0 Å². The Morgan fingerprint density at radius 2 is 2.11 bits per heavy atom. The molecule has 0 spiro atoms. The van der Waals surface area contributed by atoms with Gasteiger partial charge in [0.05, 0.1) is 13.5 Å². The van der Waals surface area contributed by atoms with Gasteiger partial charge in [-0.2, -0.15) is 11.8 Å². The van der Waals surface area contributed by atoms with Crippen molar-refractivity contribution in [3.63, 3.8) is 0 Å². The lowest BCUT2D eigenvalue weighted by Gasteiger charge is -2.12. The van der Waals surface area contributed by atoms with E-state index in [4.69, 9.17) is 10.6 Å². The highest BCUT2D eigenvalue weighted by Crippen LogP contribution is 2.51. The Bertz CT molecular complexity index is 293. The van der Waals surface area contributed by atoms with E-state index < -0.39 is 0 Å². The van der Waals surface area contributed by atoms with E-state index in [0.29, 0.717) is 12.8 Å². The van der Waals surface area contributed by atoms with Gasteiger partial charge in [-0.05, 0) is 42.6 Å². The first-order valence-corrected chi connectivity index (χ1v) is 7.41. The molecule has 0 unspecified atom stereocenters. The van der Waals surface area contributed by atoms with Crippen molar-refractivity contribution >= 4 is 23.6 Å². The quantitative estimate of drug-likeness (QED) is 0.217. The number of unbranched alkanes of at least 4 members (excludes halogenated alkanes) is 1. The predicted molar refractivity (Wildman–Crippen MR) is 71.8 cm³/mol. The molecule has 0 radical (unpaired) electrons. The number of carbonyl (C=O) groups is 2. The number of rotatable bonds is 9. The zero-order valence-electron chi connectivity index (χ0n) is 10.9. The SMILES string of the molecule is COC(=O)CC1(CSCCCCC(=O)NN)CC1. The lowest BCUT2D eigenvalue weighted by molar-refractivity contribution is -0.141. The second kappa shape index (κ2) is 7.63. The van der Waals surface area contributed by atoms with Gasteiger partial charge in [0.15, 0.2) is 0 Å². The van der Waals surface area contributed by atoms with Gasteiger partial charge in [-0.3, -0.25) is 15.0 Å². The smallest absolute Gasteiger partial charge is 0.306 e. The van der Waals surface area contributed by atoms with Gasteiger partial charge in [-0.25, -0.2) is 5.84 Å². The number of amides is 1. The van der Waals surface area contributed by atoms with Crippen molar-refractivity contribution in [3.05, 3.63) is 0 Å². The molecule has 1 aliphatic rings. The zero-order chi connectivity index (χ0) is 13.4. The van der Waals surface area contributed by atoms with Crippen LogP contribution in [-0.2, 0) is 14.3 Å². The molecule has 0 atom stereocenters. The van der Waals surface area contributed by atoms with E-state index in [1.54, 1.807) is 0 Å². The fraction of sp³-hybridized carbons (Fsp3) is 0.833. The number of hydrogen-bond donors (Lipinski definition) is 2. The van der Waals surface area contributed by atoms with E-state index >= 15 is 0 Å². The lowest BCUT2D eigenvalue weighted by atomic mass is 10.1. The Kier molecular flexibility index (Phi) is 6.49. The van der Waals surface area contributed by atoms with Crippen molar-refractivity contribution < 1.29 is 14.3 Å². The molecule has 18 heavy (non-hydrogen) atoms. The number of methoxy groups -OCH3 is 1. The first-order valence-electron chi connectivity index (χ1n) is 6.26. The molecule has 6 heteroatoms. The summed E-state index contributed by atoms with van der Waals surface area (Å²) in [6, 6.07) is 0. The molecule has 1 rings (SSSR count). The van der Waals surface area contributed by atoms with Gasteiger partial charge >= 0.3 is 5.97 Å². The Balaban J connectivity index is 2.01. The van der Waals surface area contributed by atoms with Gasteiger partial charge in [0.25, 0.3) is 0 Å². The van der Waals surface area contributed by atoms with Crippen molar-refractivity contribution in [2.75, 3.05) is 18.6 Å². The molecular formula is C12H22N2O3S. The minimum absolute atomic E-state index is 0.104. The monoisotopic (exact) mass is 274 g/mol. The van der Waals surface area contributed by atoms with Crippen molar-refractivity contribution in [3.8, 4) is 0 Å². The lowest BCUT2D eigenvalue weighted by Crippen LogP contribution is -2.29. The summed E-state index contributed by atoms with van der Waals surface area (Å²) in [4.78, 5) is 22.1. The summed E-state index contributed by atoms with van der Waals surface area (Å²) < 4.78 is 4.71. The van der Waals surface area contributed by atoms with Crippen LogP contribution in [-0.4, -0.2) is 30.5 Å². The maximum Gasteiger partial charge on any atom is 0.306 e. The molecule has 0 bridgehead atoms. The van der Waals surface area contributed by atoms with Crippen LogP contribution in [0.1, 0.15) is 38.5 Å². The summed E-state index contributed by atoms with van der Waals surface area (Å²) in [7, 11) is 1.44. The Labute approximate surface area is 112 Å². The molecule has 0 aromatic carbocycles. The number of esters is 1. The highest BCUT2D eigenvalue weighted by Gasteiger charge is 2.44. The molecule has 1 fully saturated rings. The van der Waals surface area contributed by atoms with Gasteiger partial charge in [0.1, 0.15) is 0 Å². The summed E-state index contributed by atoms with van der Waals surface area (Å²) in [5, 5.41) is 0. The average molecular weight is 274 g/mol. The van der Waals surface area contributed by atoms with E-state index in [2.05, 4.69) is 5.43 Å². The molecule has 1 aliphatic carbocycles. The van der Waals surface area contributed by atoms with Gasteiger partial charge in [-0.1, -0.05) is 0 Å². The summed E-state index contributed by atoms with van der Waals surface area (Å²) in [6.07, 6.45) is 5.16. The Morgan fingerprint density at radius 1 is 1.39 bits per heavy atom. The van der Waals surface area contributed by atoms with Gasteiger partial charge in [0, 0.05) is 6.42 Å². The van der Waals surface area contributed by atoms with Crippen LogP contribution in [0, 0.1) is 5.41 Å². The average Bonchev–Trinajstić information content (AvgIpc) is 3.13. The third-order valence-corrected chi connectivity index (χ3v) is 4.61. The maximum absolute atomic E-state index is 11.2. The maximum atomic E-state index is 11.2. The highest BCUT2D eigenvalue weighted by molar-refractivity contribution is 7.99. The summed E-state index contributed by atoms with van der Waals surface area (Å²) in [5.41, 5.74) is 2.32. The number of nitrogens with one attached hydrogen (secondary N) is 1. The van der Waals surface area contributed by atoms with Crippen LogP contribution >= 0.6 is 11.8 Å². The van der Waals surface area contributed by atoms with Gasteiger partial charge in [0.2, 0.25) is 5.91 Å². The van der Waals surface area contributed by atoms with Crippen molar-refractivity contribution in [2.45, 2.75) is 38.5 Å². The molecule has 1 saturated carbocycles. The standard InChI is InChI=1S/C12H22N2O3S/c1-17-11(16)8-12(5-6-12)9-18-7-3-2-4-10(15)14-13/h2-9,13H2,1H3,(H,14,15). The molecule has 0 saturated heterocycles. The van der Waals surface area contributed by atoms with Crippen molar-refractivity contribution in [1.29, 1.82) is 0 Å². The van der Waals surface area contributed by atoms with Crippen LogP contribution in [0.4, 0.5) is 0 Å². The third-order valence-electron chi connectivity index (χ3n) is 3.22. The number of carbonyl (C=O) groups excluding carboxylic acids is 2. The van der Waals surface area contributed by atoms with E-state index in [1.807, 2.05) is 11.8 Å². The second-order valence-electron chi connectivity index (χ2n) is 4.83. The molecule has 3 N–H and O–H groups in total. The minimum Gasteiger partial charge on any atom is -0.469 e. The van der Waals surface area contributed by atoms with Crippen LogP contribution < -0.4 is 11.3 Å². The molecular weight excluding hydrogens is 252 g/mol. The predicted octanol–water partition coefficient (Wildman–Crippen LogP) is 1.22. The van der Waals surface area contributed by atoms with E-state index in [-0.39, 0.29) is 17.3 Å². The van der Waals surface area contributed by atoms with Crippen LogP contribution in [0.15, 0.2) is 0 Å². The normalized spacial score (nSPS) is 16.1. The molecule has 0 heterocycles. The topological polar surface area (TPSA) is 81.4 Å². The number of nitrogens with two attached hydrogens (primary N) is 1. The van der Waals surface area contributed by atoms with E-state index in [1.165, 1.54) is 7.11 Å². The van der Waals surface area contributed by atoms with E-state index in [9.17, 15) is 9.59 Å². The van der Waals surface area contributed by atoms with Crippen LogP contribution in [0.5, 0.6) is 0 Å².